The van der Waals surface area contributed by atoms with Crippen molar-refractivity contribution in [3.63, 3.8) is 0 Å². The Hall–Kier alpha value is -4.89. The summed E-state index contributed by atoms with van der Waals surface area (Å²) in [6.07, 6.45) is 8.01. The van der Waals surface area contributed by atoms with Crippen LogP contribution in [0.4, 0.5) is 5.82 Å². The van der Waals surface area contributed by atoms with Gasteiger partial charge in [-0.1, -0.05) is 12.1 Å². The minimum Gasteiger partial charge on any atom is -0.508 e. The highest BCUT2D eigenvalue weighted by atomic mass is 32.2. The van der Waals surface area contributed by atoms with Crippen molar-refractivity contribution in [1.82, 2.24) is 29.5 Å². The van der Waals surface area contributed by atoms with Crippen molar-refractivity contribution >= 4 is 52.8 Å². The average Bonchev–Trinajstić information content (AvgIpc) is 3.73. The molecule has 0 spiro atoms. The van der Waals surface area contributed by atoms with E-state index in [4.69, 9.17) is 24.7 Å². The number of anilines is 1. The number of aromatic amines is 1. The molecule has 1 fully saturated rings. The Morgan fingerprint density at radius 1 is 1.19 bits per heavy atom. The number of esters is 2. The van der Waals surface area contributed by atoms with Crippen molar-refractivity contribution in [2.24, 2.45) is 0 Å². The van der Waals surface area contributed by atoms with Gasteiger partial charge in [-0.25, -0.2) is 29.5 Å². The molecule has 5 rings (SSSR count). The molecule has 0 amide bonds. The molecule has 0 aliphatic carbocycles. The fraction of sp³-hybridized carbons (Fsp3) is 0.259. The molecule has 218 valence electrons. The first-order valence-corrected chi connectivity index (χ1v) is 14.0. The largest absolute Gasteiger partial charge is 0.508 e. The zero-order valence-corrected chi connectivity index (χ0v) is 23.3. The van der Waals surface area contributed by atoms with Gasteiger partial charge in [0.05, 0.1) is 31.7 Å². The second-order valence-corrected chi connectivity index (χ2v) is 9.93. The Morgan fingerprint density at radius 2 is 2.00 bits per heavy atom. The number of carbonyl (C=O) groups excluding carboxylic acids is 2. The number of nitrogens with two attached hydrogens (primary N) is 1. The maximum Gasteiger partial charge on any atom is 0.374 e. The molecule has 0 unspecified atom stereocenters. The van der Waals surface area contributed by atoms with Crippen LogP contribution in [0.3, 0.4) is 0 Å². The molecule has 4 atom stereocenters. The molecule has 1 aliphatic heterocycles. The molecule has 1 saturated heterocycles. The molecule has 14 nitrogen and oxygen atoms in total. The quantitative estimate of drug-likeness (QED) is 0.138. The second kappa shape index (κ2) is 12.7. The predicted octanol–water partition coefficient (Wildman–Crippen LogP) is 2.32. The second-order valence-electron chi connectivity index (χ2n) is 9.02. The van der Waals surface area contributed by atoms with Gasteiger partial charge in [-0.15, -0.1) is 0 Å². The number of benzene rings is 1. The van der Waals surface area contributed by atoms with E-state index < -0.39 is 36.5 Å². The number of nitrogens with one attached hydrogen (secondary N) is 1. The number of nitrogens with zero attached hydrogens (tertiary/aromatic N) is 5. The first kappa shape index (κ1) is 28.6. The number of hydrogen-bond acceptors (Lipinski definition) is 13. The highest BCUT2D eigenvalue weighted by molar-refractivity contribution is 7.98. The summed E-state index contributed by atoms with van der Waals surface area (Å²) in [6, 6.07) is 6.16. The van der Waals surface area contributed by atoms with Crippen molar-refractivity contribution in [3.8, 4) is 5.75 Å². The van der Waals surface area contributed by atoms with Crippen LogP contribution in [0.15, 0.2) is 61.3 Å². The summed E-state index contributed by atoms with van der Waals surface area (Å²) in [6.45, 7) is 0. The van der Waals surface area contributed by atoms with Crippen LogP contribution in [0.5, 0.6) is 5.75 Å². The number of nitrogen functional groups attached to an aromatic ring is 1. The smallest absolute Gasteiger partial charge is 0.374 e. The van der Waals surface area contributed by atoms with Gasteiger partial charge in [-0.05, 0) is 36.1 Å². The fourth-order valence-corrected chi connectivity index (χ4v) is 4.95. The first-order valence-electron chi connectivity index (χ1n) is 12.6. The number of phenolic OH excluding ortho intramolecular Hbond substituents is 1. The molecule has 4 heterocycles. The molecular formula is C27H27N7O7S. The predicted molar refractivity (Wildman–Crippen MR) is 153 cm³/mol. The maximum atomic E-state index is 13.4. The molecule has 3 aromatic heterocycles. The van der Waals surface area contributed by atoms with Crippen molar-refractivity contribution in [2.45, 2.75) is 24.5 Å². The van der Waals surface area contributed by atoms with Crippen LogP contribution >= 0.6 is 11.8 Å². The molecule has 0 bridgehead atoms. The first-order chi connectivity index (χ1) is 20.4. The number of phenols is 1. The number of rotatable bonds is 10. The van der Waals surface area contributed by atoms with E-state index in [0.29, 0.717) is 28.2 Å². The lowest BCUT2D eigenvalue weighted by Gasteiger charge is -2.24. The summed E-state index contributed by atoms with van der Waals surface area (Å²) in [5.74, 6) is -0.990. The normalized spacial score (nSPS) is 20.7. The number of fused-ring (bicyclic) bond motifs is 1. The summed E-state index contributed by atoms with van der Waals surface area (Å²) in [5, 5.41) is 9.59. The lowest BCUT2D eigenvalue weighted by molar-refractivity contribution is -0.164. The van der Waals surface area contributed by atoms with Gasteiger partial charge in [0.15, 0.2) is 29.9 Å². The maximum absolute atomic E-state index is 13.4. The number of aromatic hydroxyl groups is 1. The van der Waals surface area contributed by atoms with E-state index in [9.17, 15) is 14.7 Å². The highest BCUT2D eigenvalue weighted by Gasteiger charge is 2.51. The van der Waals surface area contributed by atoms with E-state index in [-0.39, 0.29) is 17.3 Å². The summed E-state index contributed by atoms with van der Waals surface area (Å²) < 4.78 is 25.0. The van der Waals surface area contributed by atoms with Gasteiger partial charge in [0.2, 0.25) is 5.76 Å². The van der Waals surface area contributed by atoms with E-state index in [2.05, 4.69) is 24.9 Å². The number of carbonyl (C=O) groups is 2. The molecule has 4 aromatic rings. The zero-order chi connectivity index (χ0) is 29.6. The van der Waals surface area contributed by atoms with Crippen LogP contribution in [-0.4, -0.2) is 84.0 Å². The Morgan fingerprint density at radius 3 is 2.71 bits per heavy atom. The third kappa shape index (κ3) is 6.21. The van der Waals surface area contributed by atoms with Gasteiger partial charge in [0.1, 0.15) is 23.7 Å². The van der Waals surface area contributed by atoms with Gasteiger partial charge >= 0.3 is 11.9 Å². The van der Waals surface area contributed by atoms with Crippen molar-refractivity contribution < 1.29 is 33.6 Å². The van der Waals surface area contributed by atoms with Crippen LogP contribution < -0.4 is 5.73 Å². The number of imidazole rings is 2. The summed E-state index contributed by atoms with van der Waals surface area (Å²) in [4.78, 5) is 45.7. The lowest BCUT2D eigenvalue weighted by Crippen LogP contribution is -2.40. The molecule has 15 heteroatoms. The Kier molecular flexibility index (Phi) is 8.68. The molecule has 4 N–H and O–H groups in total. The van der Waals surface area contributed by atoms with Gasteiger partial charge in [0.25, 0.3) is 0 Å². The Bertz CT molecular complexity index is 1600. The number of thioether (sulfide) groups is 1. The summed E-state index contributed by atoms with van der Waals surface area (Å²) in [7, 11) is 1.33. The average molecular weight is 594 g/mol. The third-order valence-electron chi connectivity index (χ3n) is 6.30. The van der Waals surface area contributed by atoms with E-state index in [1.54, 1.807) is 22.9 Å². The number of methoxy groups -OCH3 is 1. The molecule has 1 aliphatic rings. The molecule has 1 aromatic carbocycles. The molecular weight excluding hydrogens is 566 g/mol. The zero-order valence-electron chi connectivity index (χ0n) is 22.5. The number of H-pyrrole nitrogens is 1. The summed E-state index contributed by atoms with van der Waals surface area (Å²) in [5.41, 5.74) is 7.84. The van der Waals surface area contributed by atoms with Crippen LogP contribution in [-0.2, 0) is 28.5 Å². The third-order valence-corrected chi connectivity index (χ3v) is 6.97. The van der Waals surface area contributed by atoms with E-state index >= 15 is 0 Å². The molecule has 42 heavy (non-hydrogen) atoms. The fourth-order valence-electron chi connectivity index (χ4n) is 4.35. The highest BCUT2D eigenvalue weighted by Crippen LogP contribution is 2.37. The molecule has 0 radical (unpaired) electrons. The topological polar surface area (TPSA) is 190 Å². The monoisotopic (exact) mass is 593 g/mol. The van der Waals surface area contributed by atoms with Gasteiger partial charge in [0, 0.05) is 11.8 Å². The number of aromatic nitrogens is 6. The van der Waals surface area contributed by atoms with Crippen LogP contribution in [0, 0.1) is 0 Å². The van der Waals surface area contributed by atoms with E-state index in [1.807, 2.05) is 6.26 Å². The van der Waals surface area contributed by atoms with Crippen molar-refractivity contribution in [2.75, 3.05) is 24.9 Å². The Labute approximate surface area is 243 Å². The minimum atomic E-state index is -1.15. The van der Waals surface area contributed by atoms with Crippen LogP contribution in [0.2, 0.25) is 0 Å². The van der Waals surface area contributed by atoms with Crippen LogP contribution in [0.1, 0.15) is 17.5 Å². The minimum absolute atomic E-state index is 0.0720. The van der Waals surface area contributed by atoms with E-state index in [0.717, 1.165) is 0 Å². The van der Waals surface area contributed by atoms with E-state index in [1.165, 1.54) is 68.2 Å². The summed E-state index contributed by atoms with van der Waals surface area (Å²) >= 11 is 1.47. The number of hydrogen-bond donors (Lipinski definition) is 3. The van der Waals surface area contributed by atoms with Crippen LogP contribution in [0.25, 0.3) is 23.3 Å². The van der Waals surface area contributed by atoms with Gasteiger partial charge < -0.3 is 34.8 Å². The van der Waals surface area contributed by atoms with Crippen molar-refractivity contribution in [1.29, 1.82) is 0 Å². The number of ether oxygens (including phenoxy) is 4. The van der Waals surface area contributed by atoms with Gasteiger partial charge in [-0.3, -0.25) is 4.57 Å². The molecule has 0 saturated carbocycles. The van der Waals surface area contributed by atoms with Crippen molar-refractivity contribution in [3.05, 3.63) is 72.5 Å². The SMILES string of the molecule is CO/C(=C\c1ccc(O)cc1)C(=O)O[C@@H]1[C@H](OC(=O)/C=C/c2cnc[nH]2)[C@@H](CSC)O[C@H]1n1cnc2c(N)ncnc21. The Balaban J connectivity index is 1.49. The van der Waals surface area contributed by atoms with Gasteiger partial charge in [-0.2, -0.15) is 11.8 Å². The lowest BCUT2D eigenvalue weighted by atomic mass is 10.1. The standard InChI is InChI=1S/C27H27N7O7S/c1-38-18(9-15-3-6-17(35)7-4-15)27(37)41-23-22(40-20(36)8-5-16-10-29-12-30-16)19(11-42-2)39-26(23)34-14-33-21-24(28)31-13-32-25(21)34/h3-10,12-14,19,22-23,26,35H,11H2,1-2H3,(H,29,30)(H2,28,31,32)/b8-5+,18-9-/t19-,22-,23-,26-/m1/s1.